The molecule has 0 saturated carbocycles. The summed E-state index contributed by atoms with van der Waals surface area (Å²) in [6.07, 6.45) is 1.61. The molecule has 12 heavy (non-hydrogen) atoms. The molecule has 5 nitrogen and oxygen atoms in total. The van der Waals surface area contributed by atoms with Crippen molar-refractivity contribution in [3.05, 3.63) is 30.1 Å². The van der Waals surface area contributed by atoms with Crippen LogP contribution in [0.3, 0.4) is 0 Å². The summed E-state index contributed by atoms with van der Waals surface area (Å²) in [6.45, 7) is -0.257. The second-order valence-corrected chi connectivity index (χ2v) is 3.11. The number of pyridine rings is 1. The first-order chi connectivity index (χ1) is 5.58. The second-order valence-electron chi connectivity index (χ2n) is 2.06. The highest BCUT2D eigenvalue weighted by Crippen LogP contribution is 1.94. The zero-order valence-corrected chi connectivity index (χ0v) is 6.87. The first-order valence-electron chi connectivity index (χ1n) is 3.14. The van der Waals surface area contributed by atoms with E-state index < -0.39 is 10.4 Å². The first-order valence-corrected chi connectivity index (χ1v) is 4.47. The highest BCUT2D eigenvalue weighted by atomic mass is 32.3. The summed E-state index contributed by atoms with van der Waals surface area (Å²) in [4.78, 5) is 2.71. The minimum Gasteiger partial charge on any atom is -0.726 e. The topological polar surface area (TPSA) is 80.6 Å². The van der Waals surface area contributed by atoms with Crippen LogP contribution < -0.4 is 4.98 Å². The Hall–Kier alpha value is -0.980. The molecular weight excluding hydrogens is 182 g/mol. The van der Waals surface area contributed by atoms with Gasteiger partial charge in [-0.2, -0.15) is 0 Å². The third kappa shape index (κ3) is 3.42. The van der Waals surface area contributed by atoms with E-state index >= 15 is 0 Å². The van der Waals surface area contributed by atoms with Crippen LogP contribution in [0.25, 0.3) is 0 Å². The van der Waals surface area contributed by atoms with Crippen LogP contribution in [0.15, 0.2) is 24.4 Å². The SMILES string of the molecule is O=S(=O)([O-])OCc1cccc[nH+]1. The lowest BCUT2D eigenvalue weighted by molar-refractivity contribution is -0.394. The molecule has 0 atom stereocenters. The van der Waals surface area contributed by atoms with Crippen molar-refractivity contribution >= 4 is 10.4 Å². The van der Waals surface area contributed by atoms with Crippen molar-refractivity contribution in [2.75, 3.05) is 0 Å². The number of aromatic amines is 1. The van der Waals surface area contributed by atoms with Crippen LogP contribution in [0.4, 0.5) is 0 Å². The van der Waals surface area contributed by atoms with E-state index in [2.05, 4.69) is 9.17 Å². The molecule has 0 spiro atoms. The van der Waals surface area contributed by atoms with E-state index in [1.165, 1.54) is 0 Å². The molecule has 0 aliphatic rings. The number of hydrogen-bond acceptors (Lipinski definition) is 4. The predicted octanol–water partition coefficient (Wildman–Crippen LogP) is -0.522. The van der Waals surface area contributed by atoms with Gasteiger partial charge in [-0.25, -0.2) is 13.4 Å². The maximum absolute atomic E-state index is 10.0. The molecule has 0 aliphatic heterocycles. The molecule has 6 heteroatoms. The molecule has 1 N–H and O–H groups in total. The minimum atomic E-state index is -4.59. The van der Waals surface area contributed by atoms with Gasteiger partial charge in [0.15, 0.2) is 6.20 Å². The van der Waals surface area contributed by atoms with Gasteiger partial charge >= 0.3 is 0 Å². The number of aromatic nitrogens is 1. The van der Waals surface area contributed by atoms with Crippen molar-refractivity contribution in [3.63, 3.8) is 0 Å². The first kappa shape index (κ1) is 9.11. The molecule has 0 fully saturated rings. The van der Waals surface area contributed by atoms with Gasteiger partial charge in [0.25, 0.3) is 0 Å². The van der Waals surface area contributed by atoms with Gasteiger partial charge in [0, 0.05) is 12.1 Å². The summed E-state index contributed by atoms with van der Waals surface area (Å²) >= 11 is 0. The van der Waals surface area contributed by atoms with Gasteiger partial charge in [-0.05, 0) is 0 Å². The summed E-state index contributed by atoms with van der Waals surface area (Å²) in [5.41, 5.74) is 0.525. The molecule has 1 aromatic heterocycles. The monoisotopic (exact) mass is 189 g/mol. The molecule has 1 aromatic rings. The Bertz CT molecular complexity index is 334. The van der Waals surface area contributed by atoms with Gasteiger partial charge in [-0.15, -0.1) is 0 Å². The molecule has 1 rings (SSSR count). The quantitative estimate of drug-likeness (QED) is 0.473. The van der Waals surface area contributed by atoms with Crippen molar-refractivity contribution in [2.45, 2.75) is 6.61 Å². The molecule has 0 saturated heterocycles. The highest BCUT2D eigenvalue weighted by Gasteiger charge is 2.01. The number of H-pyrrole nitrogens is 1. The summed E-state index contributed by atoms with van der Waals surface area (Å²) < 4.78 is 34.0. The average Bonchev–Trinajstić information content (AvgIpc) is 2.02. The van der Waals surface area contributed by atoms with Gasteiger partial charge in [-0.3, -0.25) is 4.18 Å². The molecule has 0 aromatic carbocycles. The van der Waals surface area contributed by atoms with Crippen molar-refractivity contribution in [1.29, 1.82) is 0 Å². The lowest BCUT2D eigenvalue weighted by Gasteiger charge is -2.03. The Morgan fingerprint density at radius 1 is 1.50 bits per heavy atom. The van der Waals surface area contributed by atoms with E-state index in [-0.39, 0.29) is 6.61 Å². The lowest BCUT2D eigenvalue weighted by Crippen LogP contribution is -2.13. The third-order valence-corrected chi connectivity index (χ3v) is 1.54. The van der Waals surface area contributed by atoms with Gasteiger partial charge in [0.05, 0.1) is 0 Å². The Morgan fingerprint density at radius 3 is 2.75 bits per heavy atom. The van der Waals surface area contributed by atoms with Gasteiger partial charge in [-0.1, -0.05) is 6.07 Å². The molecule has 0 bridgehead atoms. The van der Waals surface area contributed by atoms with Crippen LogP contribution >= 0.6 is 0 Å². The van der Waals surface area contributed by atoms with Crippen LogP contribution in [0, 0.1) is 0 Å². The number of hydrogen-bond donors (Lipinski definition) is 0. The second kappa shape index (κ2) is 3.61. The van der Waals surface area contributed by atoms with Crippen LogP contribution in [0.1, 0.15) is 5.69 Å². The summed E-state index contributed by atoms with van der Waals surface area (Å²) in [5, 5.41) is 0. The standard InChI is InChI=1S/C6H7NO4S/c8-12(9,10)11-5-6-3-1-2-4-7-6/h1-4H,5H2,(H,8,9,10). The van der Waals surface area contributed by atoms with Crippen LogP contribution in [-0.4, -0.2) is 13.0 Å². The fourth-order valence-electron chi connectivity index (χ4n) is 0.656. The van der Waals surface area contributed by atoms with Crippen molar-refractivity contribution in [1.82, 2.24) is 0 Å². The van der Waals surface area contributed by atoms with Crippen molar-refractivity contribution in [3.8, 4) is 0 Å². The van der Waals surface area contributed by atoms with Crippen LogP contribution in [0.5, 0.6) is 0 Å². The van der Waals surface area contributed by atoms with Gasteiger partial charge in [0.1, 0.15) is 6.61 Å². The van der Waals surface area contributed by atoms with Gasteiger partial charge in [0.2, 0.25) is 16.1 Å². The normalized spacial score (nSPS) is 11.4. The van der Waals surface area contributed by atoms with E-state index in [4.69, 9.17) is 0 Å². The smallest absolute Gasteiger partial charge is 0.218 e. The van der Waals surface area contributed by atoms with Crippen molar-refractivity contribution < 1.29 is 22.1 Å². The zero-order chi connectivity index (χ0) is 9.03. The van der Waals surface area contributed by atoms with E-state index in [9.17, 15) is 13.0 Å². The average molecular weight is 189 g/mol. The molecule has 0 amide bonds. The summed E-state index contributed by atoms with van der Waals surface area (Å²) in [7, 11) is -4.59. The Balaban J connectivity index is 2.56. The molecule has 1 heterocycles. The fraction of sp³-hybridized carbons (Fsp3) is 0.167. The Labute approximate surface area is 70.0 Å². The van der Waals surface area contributed by atoms with Crippen molar-refractivity contribution in [2.24, 2.45) is 0 Å². The number of nitrogens with one attached hydrogen (secondary N) is 1. The van der Waals surface area contributed by atoms with Crippen LogP contribution in [0.2, 0.25) is 0 Å². The van der Waals surface area contributed by atoms with E-state index in [1.54, 1.807) is 24.4 Å². The molecule has 0 radical (unpaired) electrons. The minimum absolute atomic E-state index is 0.257. The molecular formula is C6H7NO4S. The third-order valence-electron chi connectivity index (χ3n) is 1.13. The summed E-state index contributed by atoms with van der Waals surface area (Å²) in [5.74, 6) is 0. The van der Waals surface area contributed by atoms with Crippen LogP contribution in [-0.2, 0) is 21.2 Å². The number of rotatable bonds is 3. The Morgan fingerprint density at radius 2 is 2.25 bits per heavy atom. The summed E-state index contributed by atoms with van der Waals surface area (Å²) in [6, 6.07) is 5.05. The van der Waals surface area contributed by atoms with Gasteiger partial charge < -0.3 is 4.55 Å². The molecule has 66 valence electrons. The van der Waals surface area contributed by atoms with E-state index in [0.717, 1.165) is 0 Å². The lowest BCUT2D eigenvalue weighted by atomic mass is 10.4. The predicted molar refractivity (Wildman–Crippen MR) is 37.5 cm³/mol. The maximum Gasteiger partial charge on any atom is 0.218 e. The molecule has 0 aliphatic carbocycles. The fourth-order valence-corrected chi connectivity index (χ4v) is 0.927. The highest BCUT2D eigenvalue weighted by molar-refractivity contribution is 7.80. The van der Waals surface area contributed by atoms with E-state index in [1.807, 2.05) is 0 Å². The Kier molecular flexibility index (Phi) is 2.74. The zero-order valence-electron chi connectivity index (χ0n) is 6.06. The largest absolute Gasteiger partial charge is 0.726 e. The molecule has 0 unspecified atom stereocenters. The maximum atomic E-state index is 10.0. The van der Waals surface area contributed by atoms with E-state index in [0.29, 0.717) is 5.69 Å².